The molecular formula is C19H21ClFNO2. The monoisotopic (exact) mass is 349 g/mol. The van der Waals surface area contributed by atoms with Gasteiger partial charge < -0.3 is 10.4 Å². The van der Waals surface area contributed by atoms with Crippen molar-refractivity contribution in [3.8, 4) is 0 Å². The number of rotatable bonds is 6. The first-order valence-electron chi connectivity index (χ1n) is 7.78. The van der Waals surface area contributed by atoms with E-state index in [1.165, 1.54) is 12.1 Å². The number of aliphatic hydroxyl groups is 1. The fourth-order valence-corrected chi connectivity index (χ4v) is 2.57. The molecule has 0 radical (unpaired) electrons. The van der Waals surface area contributed by atoms with E-state index < -0.39 is 5.60 Å². The molecule has 2 aromatic carbocycles. The van der Waals surface area contributed by atoms with Gasteiger partial charge in [0, 0.05) is 11.4 Å². The third kappa shape index (κ3) is 5.05. The van der Waals surface area contributed by atoms with E-state index in [-0.39, 0.29) is 30.6 Å². The lowest BCUT2D eigenvalue weighted by atomic mass is 9.95. The summed E-state index contributed by atoms with van der Waals surface area (Å²) in [6, 6.07) is 13.0. The number of hydrogen-bond donors (Lipinski definition) is 2. The molecule has 24 heavy (non-hydrogen) atoms. The molecule has 0 aromatic heterocycles. The first kappa shape index (κ1) is 18.4. The molecule has 3 nitrogen and oxygen atoms in total. The van der Waals surface area contributed by atoms with Crippen molar-refractivity contribution in [2.24, 2.45) is 0 Å². The summed E-state index contributed by atoms with van der Waals surface area (Å²) in [7, 11) is 0. The van der Waals surface area contributed by atoms with Gasteiger partial charge in [0.1, 0.15) is 11.4 Å². The van der Waals surface area contributed by atoms with E-state index >= 15 is 0 Å². The molecule has 0 aliphatic rings. The Kier molecular flexibility index (Phi) is 5.97. The average Bonchev–Trinajstić information content (AvgIpc) is 2.54. The maximum atomic E-state index is 12.9. The van der Waals surface area contributed by atoms with Gasteiger partial charge in [0.2, 0.25) is 5.91 Å². The summed E-state index contributed by atoms with van der Waals surface area (Å²) < 4.78 is 12.9. The number of halogens is 2. The van der Waals surface area contributed by atoms with Gasteiger partial charge in [-0.1, -0.05) is 42.8 Å². The van der Waals surface area contributed by atoms with Gasteiger partial charge in [-0.25, -0.2) is 4.39 Å². The molecule has 128 valence electrons. The number of nitrogens with one attached hydrogen (secondary N) is 1. The van der Waals surface area contributed by atoms with E-state index in [1.807, 2.05) is 6.92 Å². The molecule has 0 fully saturated rings. The standard InChI is InChI=1S/C19H21ClFNO2/c1-13(14-3-9-17(21)10-4-14)11-18(23)22-12-19(2,24)15-5-7-16(20)8-6-15/h3-10,13,24H,11-12H2,1-2H3,(H,22,23). The molecule has 0 aliphatic carbocycles. The Balaban J connectivity index is 1.90. The molecule has 5 heteroatoms. The van der Waals surface area contributed by atoms with Crippen molar-refractivity contribution >= 4 is 17.5 Å². The molecule has 0 heterocycles. The van der Waals surface area contributed by atoms with Crippen LogP contribution in [0.15, 0.2) is 48.5 Å². The van der Waals surface area contributed by atoms with Gasteiger partial charge in [-0.15, -0.1) is 0 Å². The first-order chi connectivity index (χ1) is 11.3. The molecule has 1 amide bonds. The summed E-state index contributed by atoms with van der Waals surface area (Å²) in [4.78, 5) is 12.1. The van der Waals surface area contributed by atoms with Gasteiger partial charge in [-0.3, -0.25) is 4.79 Å². The van der Waals surface area contributed by atoms with Crippen LogP contribution < -0.4 is 5.32 Å². The van der Waals surface area contributed by atoms with Crippen LogP contribution >= 0.6 is 11.6 Å². The zero-order valence-corrected chi connectivity index (χ0v) is 14.5. The van der Waals surface area contributed by atoms with E-state index in [4.69, 9.17) is 11.6 Å². The molecule has 2 aromatic rings. The first-order valence-corrected chi connectivity index (χ1v) is 8.16. The predicted molar refractivity (Wildman–Crippen MR) is 93.5 cm³/mol. The molecule has 0 saturated heterocycles. The van der Waals surface area contributed by atoms with Crippen molar-refractivity contribution in [2.75, 3.05) is 6.54 Å². The second-order valence-corrected chi connectivity index (χ2v) is 6.65. The van der Waals surface area contributed by atoms with Gasteiger partial charge >= 0.3 is 0 Å². The smallest absolute Gasteiger partial charge is 0.220 e. The summed E-state index contributed by atoms with van der Waals surface area (Å²) in [6.07, 6.45) is 0.266. The minimum absolute atomic E-state index is 0.0360. The van der Waals surface area contributed by atoms with E-state index in [9.17, 15) is 14.3 Å². The molecule has 0 aliphatic heterocycles. The third-order valence-electron chi connectivity index (χ3n) is 4.03. The second kappa shape index (κ2) is 7.77. The Morgan fingerprint density at radius 1 is 1.21 bits per heavy atom. The summed E-state index contributed by atoms with van der Waals surface area (Å²) in [6.45, 7) is 3.65. The zero-order chi connectivity index (χ0) is 17.7. The SMILES string of the molecule is CC(CC(=O)NCC(C)(O)c1ccc(Cl)cc1)c1ccc(F)cc1. The normalized spacial score (nSPS) is 14.7. The largest absolute Gasteiger partial charge is 0.384 e. The fraction of sp³-hybridized carbons (Fsp3) is 0.316. The lowest BCUT2D eigenvalue weighted by Gasteiger charge is -2.24. The predicted octanol–water partition coefficient (Wildman–Crippen LogP) is 4.00. The van der Waals surface area contributed by atoms with Crippen molar-refractivity contribution in [3.63, 3.8) is 0 Å². The van der Waals surface area contributed by atoms with Gasteiger partial charge in [0.05, 0.1) is 6.54 Å². The molecule has 0 spiro atoms. The highest BCUT2D eigenvalue weighted by atomic mass is 35.5. The van der Waals surface area contributed by atoms with E-state index in [1.54, 1.807) is 43.3 Å². The van der Waals surface area contributed by atoms with Crippen molar-refractivity contribution in [2.45, 2.75) is 31.8 Å². The Labute approximate surface area is 146 Å². The molecule has 0 bridgehead atoms. The minimum atomic E-state index is -1.18. The van der Waals surface area contributed by atoms with Gasteiger partial charge in [0.25, 0.3) is 0 Å². The van der Waals surface area contributed by atoms with Crippen LogP contribution in [0.2, 0.25) is 5.02 Å². The lowest BCUT2D eigenvalue weighted by Crippen LogP contribution is -2.38. The van der Waals surface area contributed by atoms with Crippen LogP contribution in [-0.2, 0) is 10.4 Å². The summed E-state index contributed by atoms with van der Waals surface area (Å²) in [5.74, 6) is -0.499. The van der Waals surface area contributed by atoms with Crippen LogP contribution in [0.1, 0.15) is 37.3 Å². The number of amides is 1. The number of benzene rings is 2. The van der Waals surface area contributed by atoms with E-state index in [0.717, 1.165) is 5.56 Å². The quantitative estimate of drug-likeness (QED) is 0.828. The Morgan fingerprint density at radius 2 is 1.79 bits per heavy atom. The highest BCUT2D eigenvalue weighted by Crippen LogP contribution is 2.22. The number of carbonyl (C=O) groups excluding carboxylic acids is 1. The Morgan fingerprint density at radius 3 is 2.38 bits per heavy atom. The zero-order valence-electron chi connectivity index (χ0n) is 13.7. The third-order valence-corrected chi connectivity index (χ3v) is 4.28. The van der Waals surface area contributed by atoms with Crippen LogP contribution in [0, 0.1) is 5.82 Å². The molecule has 2 N–H and O–H groups in total. The lowest BCUT2D eigenvalue weighted by molar-refractivity contribution is -0.122. The molecule has 0 saturated carbocycles. The topological polar surface area (TPSA) is 49.3 Å². The van der Waals surface area contributed by atoms with Crippen LogP contribution in [0.4, 0.5) is 4.39 Å². The van der Waals surface area contributed by atoms with Gasteiger partial charge in [0.15, 0.2) is 0 Å². The van der Waals surface area contributed by atoms with Crippen LogP contribution in [0.3, 0.4) is 0 Å². The maximum Gasteiger partial charge on any atom is 0.220 e. The molecule has 2 atom stereocenters. The van der Waals surface area contributed by atoms with Crippen LogP contribution in [0.5, 0.6) is 0 Å². The van der Waals surface area contributed by atoms with Crippen molar-refractivity contribution in [3.05, 3.63) is 70.5 Å². The summed E-state index contributed by atoms with van der Waals surface area (Å²) in [5, 5.41) is 13.8. The minimum Gasteiger partial charge on any atom is -0.384 e. The average molecular weight is 350 g/mol. The number of carbonyl (C=O) groups is 1. The maximum absolute atomic E-state index is 12.9. The molecular weight excluding hydrogens is 329 g/mol. The second-order valence-electron chi connectivity index (χ2n) is 6.21. The summed E-state index contributed by atoms with van der Waals surface area (Å²) >= 11 is 5.84. The van der Waals surface area contributed by atoms with Gasteiger partial charge in [-0.05, 0) is 48.2 Å². The summed E-state index contributed by atoms with van der Waals surface area (Å²) in [5.41, 5.74) is 0.397. The van der Waals surface area contributed by atoms with Crippen LogP contribution in [0.25, 0.3) is 0 Å². The Hall–Kier alpha value is -1.91. The number of hydrogen-bond acceptors (Lipinski definition) is 2. The fourth-order valence-electron chi connectivity index (χ4n) is 2.44. The van der Waals surface area contributed by atoms with E-state index in [0.29, 0.717) is 10.6 Å². The molecule has 2 unspecified atom stereocenters. The van der Waals surface area contributed by atoms with Crippen molar-refractivity contribution in [1.82, 2.24) is 5.32 Å². The highest BCUT2D eigenvalue weighted by molar-refractivity contribution is 6.30. The highest BCUT2D eigenvalue weighted by Gasteiger charge is 2.24. The van der Waals surface area contributed by atoms with Crippen LogP contribution in [-0.4, -0.2) is 17.6 Å². The van der Waals surface area contributed by atoms with Gasteiger partial charge in [-0.2, -0.15) is 0 Å². The van der Waals surface area contributed by atoms with Crippen molar-refractivity contribution in [1.29, 1.82) is 0 Å². The molecule has 2 rings (SSSR count). The Bertz CT molecular complexity index is 684. The van der Waals surface area contributed by atoms with E-state index in [2.05, 4.69) is 5.32 Å². The van der Waals surface area contributed by atoms with Crippen molar-refractivity contribution < 1.29 is 14.3 Å².